The molecule has 0 aromatic heterocycles. The number of aliphatic hydroxyl groups excluding tert-OH is 1. The zero-order valence-electron chi connectivity index (χ0n) is 9.10. The third-order valence-electron chi connectivity index (χ3n) is 3.35. The van der Waals surface area contributed by atoms with Crippen molar-refractivity contribution in [1.82, 2.24) is 0 Å². The summed E-state index contributed by atoms with van der Waals surface area (Å²) in [7, 11) is 0. The predicted octanol–water partition coefficient (Wildman–Crippen LogP) is 2.61. The van der Waals surface area contributed by atoms with Crippen LogP contribution in [0, 0.1) is 5.92 Å². The van der Waals surface area contributed by atoms with E-state index in [-0.39, 0.29) is 5.56 Å². The summed E-state index contributed by atoms with van der Waals surface area (Å²) in [6.45, 7) is 0. The maximum Gasteiger partial charge on any atom is 0.335 e. The van der Waals surface area contributed by atoms with Gasteiger partial charge in [-0.05, 0) is 36.5 Å². The number of carboxylic acids is 1. The van der Waals surface area contributed by atoms with Crippen molar-refractivity contribution < 1.29 is 15.0 Å². The van der Waals surface area contributed by atoms with Crippen LogP contribution in [0.3, 0.4) is 0 Å². The van der Waals surface area contributed by atoms with Crippen LogP contribution in [0.1, 0.15) is 47.7 Å². The van der Waals surface area contributed by atoms with E-state index in [1.165, 1.54) is 12.8 Å². The number of carboxylic acid groups (broad SMARTS) is 1. The largest absolute Gasteiger partial charge is 0.478 e. The van der Waals surface area contributed by atoms with E-state index in [1.54, 1.807) is 24.3 Å². The van der Waals surface area contributed by atoms with Gasteiger partial charge < -0.3 is 10.2 Å². The molecule has 0 radical (unpaired) electrons. The summed E-state index contributed by atoms with van der Waals surface area (Å²) in [5.74, 6) is -0.586. The Kier molecular flexibility index (Phi) is 3.25. The highest BCUT2D eigenvalue weighted by Crippen LogP contribution is 2.35. The zero-order chi connectivity index (χ0) is 11.5. The van der Waals surface area contributed by atoms with Crippen molar-refractivity contribution in [1.29, 1.82) is 0 Å². The van der Waals surface area contributed by atoms with Crippen molar-refractivity contribution in [3.05, 3.63) is 35.4 Å². The second-order valence-electron chi connectivity index (χ2n) is 4.42. The molecule has 1 aliphatic rings. The Labute approximate surface area is 94.7 Å². The lowest BCUT2D eigenvalue weighted by Crippen LogP contribution is -2.09. The molecule has 0 saturated heterocycles. The molecule has 86 valence electrons. The summed E-state index contributed by atoms with van der Waals surface area (Å²) in [5, 5.41) is 18.9. The van der Waals surface area contributed by atoms with Crippen LogP contribution in [-0.2, 0) is 0 Å². The molecule has 1 saturated carbocycles. The lowest BCUT2D eigenvalue weighted by atomic mass is 9.94. The fraction of sp³-hybridized carbons (Fsp3) is 0.462. The van der Waals surface area contributed by atoms with Crippen LogP contribution in [-0.4, -0.2) is 16.2 Å². The predicted molar refractivity (Wildman–Crippen MR) is 60.3 cm³/mol. The molecule has 2 rings (SSSR count). The van der Waals surface area contributed by atoms with Crippen LogP contribution >= 0.6 is 0 Å². The van der Waals surface area contributed by atoms with Crippen molar-refractivity contribution >= 4 is 5.97 Å². The zero-order valence-corrected chi connectivity index (χ0v) is 9.10. The molecule has 0 aliphatic heterocycles. The minimum absolute atomic E-state index is 0.266. The van der Waals surface area contributed by atoms with Gasteiger partial charge in [0.2, 0.25) is 0 Å². The molecule has 3 heteroatoms. The first-order valence-corrected chi connectivity index (χ1v) is 5.70. The van der Waals surface area contributed by atoms with E-state index in [0.717, 1.165) is 18.4 Å². The third-order valence-corrected chi connectivity index (χ3v) is 3.35. The van der Waals surface area contributed by atoms with E-state index in [4.69, 9.17) is 5.11 Å². The molecular weight excluding hydrogens is 204 g/mol. The Morgan fingerprint density at radius 2 is 1.75 bits per heavy atom. The third kappa shape index (κ3) is 2.25. The number of rotatable bonds is 3. The molecule has 1 fully saturated rings. The fourth-order valence-electron chi connectivity index (χ4n) is 2.37. The van der Waals surface area contributed by atoms with Gasteiger partial charge in [-0.2, -0.15) is 0 Å². The van der Waals surface area contributed by atoms with Gasteiger partial charge in [-0.15, -0.1) is 0 Å². The average Bonchev–Trinajstić information content (AvgIpc) is 2.81. The lowest BCUT2D eigenvalue weighted by Gasteiger charge is -2.17. The van der Waals surface area contributed by atoms with Crippen LogP contribution in [0.4, 0.5) is 0 Å². The summed E-state index contributed by atoms with van der Waals surface area (Å²) in [6.07, 6.45) is 4.08. The Bertz CT molecular complexity index is 363. The monoisotopic (exact) mass is 220 g/mol. The minimum Gasteiger partial charge on any atom is -0.478 e. The molecule has 0 amide bonds. The van der Waals surface area contributed by atoms with Gasteiger partial charge >= 0.3 is 5.97 Å². The average molecular weight is 220 g/mol. The quantitative estimate of drug-likeness (QED) is 0.823. The van der Waals surface area contributed by atoms with Gasteiger partial charge in [0.1, 0.15) is 0 Å². The minimum atomic E-state index is -0.929. The van der Waals surface area contributed by atoms with E-state index in [9.17, 15) is 9.90 Å². The molecule has 0 bridgehead atoms. The van der Waals surface area contributed by atoms with Gasteiger partial charge in [0.05, 0.1) is 11.7 Å². The number of hydrogen-bond acceptors (Lipinski definition) is 2. The molecule has 3 nitrogen and oxygen atoms in total. The van der Waals surface area contributed by atoms with E-state index in [1.807, 2.05) is 0 Å². The summed E-state index contributed by atoms with van der Waals surface area (Å²) >= 11 is 0. The second-order valence-corrected chi connectivity index (χ2v) is 4.42. The molecule has 16 heavy (non-hydrogen) atoms. The van der Waals surface area contributed by atoms with Crippen LogP contribution in [0.25, 0.3) is 0 Å². The van der Waals surface area contributed by atoms with Crippen LogP contribution in [0.2, 0.25) is 0 Å². The van der Waals surface area contributed by atoms with Gasteiger partial charge in [0.25, 0.3) is 0 Å². The molecular formula is C13H16O3. The number of aromatic carboxylic acids is 1. The summed E-state index contributed by atoms with van der Waals surface area (Å²) in [6, 6.07) is 6.53. The van der Waals surface area contributed by atoms with Crippen LogP contribution in [0.15, 0.2) is 24.3 Å². The number of carbonyl (C=O) groups is 1. The van der Waals surface area contributed by atoms with E-state index in [0.29, 0.717) is 5.92 Å². The molecule has 1 aromatic carbocycles. The Morgan fingerprint density at radius 1 is 1.19 bits per heavy atom. The Hall–Kier alpha value is -1.35. The molecule has 2 N–H and O–H groups in total. The molecule has 1 unspecified atom stereocenters. The smallest absolute Gasteiger partial charge is 0.335 e. The first kappa shape index (κ1) is 11.1. The lowest BCUT2D eigenvalue weighted by molar-refractivity contribution is 0.0696. The van der Waals surface area contributed by atoms with Crippen molar-refractivity contribution in [2.45, 2.75) is 31.8 Å². The first-order chi connectivity index (χ1) is 7.68. The van der Waals surface area contributed by atoms with Gasteiger partial charge in [0, 0.05) is 0 Å². The van der Waals surface area contributed by atoms with E-state index < -0.39 is 12.1 Å². The highest BCUT2D eigenvalue weighted by Gasteiger charge is 2.24. The van der Waals surface area contributed by atoms with Crippen LogP contribution in [0.5, 0.6) is 0 Å². The van der Waals surface area contributed by atoms with Crippen molar-refractivity contribution in [2.24, 2.45) is 5.92 Å². The van der Waals surface area contributed by atoms with E-state index in [2.05, 4.69) is 0 Å². The molecule has 0 heterocycles. The Balaban J connectivity index is 2.11. The van der Waals surface area contributed by atoms with Crippen molar-refractivity contribution in [2.75, 3.05) is 0 Å². The molecule has 1 aliphatic carbocycles. The highest BCUT2D eigenvalue weighted by atomic mass is 16.4. The van der Waals surface area contributed by atoms with Gasteiger partial charge in [-0.3, -0.25) is 0 Å². The van der Waals surface area contributed by atoms with E-state index >= 15 is 0 Å². The summed E-state index contributed by atoms with van der Waals surface area (Å²) < 4.78 is 0. The normalized spacial score (nSPS) is 18.6. The van der Waals surface area contributed by atoms with Crippen molar-refractivity contribution in [3.8, 4) is 0 Å². The molecule has 1 aromatic rings. The SMILES string of the molecule is O=C(O)c1ccc(C(O)C2CCCC2)cc1. The maximum atomic E-state index is 10.7. The van der Waals surface area contributed by atoms with Gasteiger partial charge in [0.15, 0.2) is 0 Å². The number of aliphatic hydroxyl groups is 1. The van der Waals surface area contributed by atoms with Crippen molar-refractivity contribution in [3.63, 3.8) is 0 Å². The molecule has 0 spiro atoms. The van der Waals surface area contributed by atoms with Crippen LogP contribution < -0.4 is 0 Å². The van der Waals surface area contributed by atoms with Gasteiger partial charge in [-0.1, -0.05) is 25.0 Å². The second kappa shape index (κ2) is 4.66. The fourth-order valence-corrected chi connectivity index (χ4v) is 2.37. The number of benzene rings is 1. The highest BCUT2D eigenvalue weighted by molar-refractivity contribution is 5.87. The first-order valence-electron chi connectivity index (χ1n) is 5.70. The summed E-state index contributed by atoms with van der Waals surface area (Å²) in [5.41, 5.74) is 1.10. The topological polar surface area (TPSA) is 57.5 Å². The van der Waals surface area contributed by atoms with Gasteiger partial charge in [-0.25, -0.2) is 4.79 Å². The molecule has 1 atom stereocenters. The maximum absolute atomic E-state index is 10.7. The Morgan fingerprint density at radius 3 is 2.25 bits per heavy atom. The number of hydrogen-bond donors (Lipinski definition) is 2. The standard InChI is InChI=1S/C13H16O3/c14-12(9-3-1-2-4-9)10-5-7-11(8-6-10)13(15)16/h5-9,12,14H,1-4H2,(H,15,16). The summed E-state index contributed by atoms with van der Waals surface area (Å²) in [4.78, 5) is 10.7.